The molecule has 6 nitrogen and oxygen atoms in total. The number of ether oxygens (including phenoxy) is 4. The third-order valence-corrected chi connectivity index (χ3v) is 7.23. The summed E-state index contributed by atoms with van der Waals surface area (Å²) in [5, 5.41) is 21.8. The molecule has 3 saturated carbocycles. The van der Waals surface area contributed by atoms with E-state index in [1.807, 2.05) is 0 Å². The third kappa shape index (κ3) is 3.03. The summed E-state index contributed by atoms with van der Waals surface area (Å²) in [6.07, 6.45) is 7.41. The van der Waals surface area contributed by atoms with Crippen molar-refractivity contribution in [3.05, 3.63) is 0 Å². The van der Waals surface area contributed by atoms with E-state index in [2.05, 4.69) is 0 Å². The van der Waals surface area contributed by atoms with Crippen molar-refractivity contribution in [2.75, 3.05) is 0 Å². The Hall–Kier alpha value is -0.240. The summed E-state index contributed by atoms with van der Waals surface area (Å²) in [7, 11) is 0. The Morgan fingerprint density at radius 2 is 0.769 bits per heavy atom. The van der Waals surface area contributed by atoms with Gasteiger partial charge >= 0.3 is 0 Å². The molecule has 0 aromatic heterocycles. The van der Waals surface area contributed by atoms with Gasteiger partial charge in [0.15, 0.2) is 12.6 Å². The first kappa shape index (κ1) is 17.8. The van der Waals surface area contributed by atoms with Crippen molar-refractivity contribution in [2.45, 2.75) is 113 Å². The van der Waals surface area contributed by atoms with Gasteiger partial charge in [0, 0.05) is 11.8 Å². The topological polar surface area (TPSA) is 77.4 Å². The molecule has 0 aromatic carbocycles. The summed E-state index contributed by atoms with van der Waals surface area (Å²) < 4.78 is 24.4. The Labute approximate surface area is 155 Å². The van der Waals surface area contributed by atoms with Crippen molar-refractivity contribution in [3.8, 4) is 0 Å². The molecule has 2 unspecified atom stereocenters. The maximum Gasteiger partial charge on any atom is 0.161 e. The van der Waals surface area contributed by atoms with E-state index < -0.39 is 36.6 Å². The van der Waals surface area contributed by atoms with E-state index >= 15 is 0 Å². The van der Waals surface area contributed by atoms with Gasteiger partial charge in [-0.2, -0.15) is 0 Å². The van der Waals surface area contributed by atoms with Crippen LogP contribution in [0.15, 0.2) is 0 Å². The smallest absolute Gasteiger partial charge is 0.161 e. The van der Waals surface area contributed by atoms with Gasteiger partial charge in [-0.15, -0.1) is 0 Å². The van der Waals surface area contributed by atoms with Crippen molar-refractivity contribution >= 4 is 0 Å². The Kier molecular flexibility index (Phi) is 5.01. The number of hydrogen-bond acceptors (Lipinski definition) is 6. The number of aliphatic hydroxyl groups excluding tert-OH is 2. The van der Waals surface area contributed by atoms with Gasteiger partial charge in [-0.1, -0.05) is 38.5 Å². The molecule has 5 rings (SSSR count). The summed E-state index contributed by atoms with van der Waals surface area (Å²) in [4.78, 5) is 0. The Balaban J connectivity index is 1.27. The van der Waals surface area contributed by atoms with Crippen molar-refractivity contribution < 1.29 is 29.2 Å². The molecule has 0 bridgehead atoms. The van der Waals surface area contributed by atoms with Crippen LogP contribution in [0.1, 0.15) is 64.2 Å². The van der Waals surface area contributed by atoms with Crippen molar-refractivity contribution in [1.82, 2.24) is 0 Å². The molecule has 2 heterocycles. The van der Waals surface area contributed by atoms with E-state index in [9.17, 15) is 10.2 Å². The average Bonchev–Trinajstić information content (AvgIpc) is 3.33. The molecule has 3 aliphatic carbocycles. The minimum atomic E-state index is -0.810. The second-order valence-corrected chi connectivity index (χ2v) is 8.92. The van der Waals surface area contributed by atoms with Crippen LogP contribution in [-0.2, 0) is 18.9 Å². The summed E-state index contributed by atoms with van der Waals surface area (Å²) in [6, 6.07) is 0. The lowest BCUT2D eigenvalue weighted by Gasteiger charge is -2.38. The van der Waals surface area contributed by atoms with Crippen LogP contribution in [0.2, 0.25) is 0 Å². The van der Waals surface area contributed by atoms with Gasteiger partial charge in [0.25, 0.3) is 0 Å². The maximum absolute atomic E-state index is 10.9. The molecule has 2 aliphatic heterocycles. The minimum Gasteiger partial charge on any atom is -0.387 e. The van der Waals surface area contributed by atoms with Crippen LogP contribution in [0.4, 0.5) is 0 Å². The Morgan fingerprint density at radius 3 is 1.08 bits per heavy atom. The summed E-state index contributed by atoms with van der Waals surface area (Å²) in [5.74, 6) is 0.732. The monoisotopic (exact) mass is 368 g/mol. The molecule has 0 aromatic rings. The van der Waals surface area contributed by atoms with Crippen LogP contribution in [-0.4, -0.2) is 59.4 Å². The largest absolute Gasteiger partial charge is 0.387 e. The zero-order valence-corrected chi connectivity index (χ0v) is 15.4. The molecule has 26 heavy (non-hydrogen) atoms. The van der Waals surface area contributed by atoms with Gasteiger partial charge in [0.05, 0.1) is 0 Å². The van der Waals surface area contributed by atoms with Crippen LogP contribution in [0.3, 0.4) is 0 Å². The Bertz CT molecular complexity index is 421. The van der Waals surface area contributed by atoms with Crippen molar-refractivity contribution in [2.24, 2.45) is 11.8 Å². The van der Waals surface area contributed by atoms with Gasteiger partial charge in [0.2, 0.25) is 0 Å². The molecule has 8 atom stereocenters. The molecular weight excluding hydrogens is 336 g/mol. The van der Waals surface area contributed by atoms with Crippen LogP contribution in [0.5, 0.6) is 0 Å². The van der Waals surface area contributed by atoms with Crippen LogP contribution in [0, 0.1) is 11.8 Å². The summed E-state index contributed by atoms with van der Waals surface area (Å²) in [6.45, 7) is 0. The van der Waals surface area contributed by atoms with Crippen LogP contribution < -0.4 is 0 Å². The van der Waals surface area contributed by atoms with E-state index in [0.717, 1.165) is 25.7 Å². The van der Waals surface area contributed by atoms with E-state index in [4.69, 9.17) is 18.9 Å². The summed E-state index contributed by atoms with van der Waals surface area (Å²) >= 11 is 0. The fourth-order valence-electron chi connectivity index (χ4n) is 5.72. The first-order valence-electron chi connectivity index (χ1n) is 10.7. The highest BCUT2D eigenvalue weighted by molar-refractivity contribution is 5.06. The van der Waals surface area contributed by atoms with Gasteiger partial charge in [0.1, 0.15) is 36.6 Å². The molecular formula is C20H32O6. The predicted molar refractivity (Wildman–Crippen MR) is 92.2 cm³/mol. The van der Waals surface area contributed by atoms with E-state index in [1.54, 1.807) is 0 Å². The minimum absolute atomic E-state index is 0.317. The quantitative estimate of drug-likeness (QED) is 0.777. The molecule has 0 spiro atoms. The maximum atomic E-state index is 10.9. The molecule has 2 saturated heterocycles. The SMILES string of the molecule is O[C@@H]1[C@H]2OC(C3CCCCC3)O[C@H]2[C@@H](O)[C@@H]2OC(C3CCCCC3)O[C@@H]12. The molecule has 6 heteroatoms. The first-order chi connectivity index (χ1) is 12.7. The molecule has 5 aliphatic rings. The van der Waals surface area contributed by atoms with E-state index in [-0.39, 0.29) is 12.6 Å². The highest BCUT2D eigenvalue weighted by Crippen LogP contribution is 2.44. The highest BCUT2D eigenvalue weighted by Gasteiger charge is 2.61. The van der Waals surface area contributed by atoms with Gasteiger partial charge in [-0.05, 0) is 25.7 Å². The zero-order chi connectivity index (χ0) is 17.7. The van der Waals surface area contributed by atoms with Crippen molar-refractivity contribution in [3.63, 3.8) is 0 Å². The van der Waals surface area contributed by atoms with Crippen LogP contribution in [0.25, 0.3) is 0 Å². The second kappa shape index (κ2) is 7.30. The lowest BCUT2D eigenvalue weighted by Crippen LogP contribution is -2.61. The molecule has 5 fully saturated rings. The van der Waals surface area contributed by atoms with Gasteiger partial charge in [-0.3, -0.25) is 0 Å². The average molecular weight is 368 g/mol. The fourth-order valence-corrected chi connectivity index (χ4v) is 5.72. The van der Waals surface area contributed by atoms with Crippen LogP contribution >= 0.6 is 0 Å². The number of fused-ring (bicyclic) bond motifs is 2. The lowest BCUT2D eigenvalue weighted by molar-refractivity contribution is -0.152. The molecule has 2 N–H and O–H groups in total. The van der Waals surface area contributed by atoms with Crippen molar-refractivity contribution in [1.29, 1.82) is 0 Å². The number of aliphatic hydroxyl groups is 2. The molecule has 0 radical (unpaired) electrons. The lowest BCUT2D eigenvalue weighted by atomic mass is 9.85. The Morgan fingerprint density at radius 1 is 0.462 bits per heavy atom. The standard InChI is InChI=1S/C20H32O6/c21-13-15-16(24-19(23-15)11-7-3-1-4-8-11)14(22)18-17(13)25-20(26-18)12-9-5-2-6-10-12/h11-22H,1-10H2/t13-,14-,15-,16-,17-,18+,19?,20?/m0/s1. The summed E-state index contributed by atoms with van der Waals surface area (Å²) in [5.41, 5.74) is 0. The molecule has 148 valence electrons. The normalized spacial score (nSPS) is 50.5. The van der Waals surface area contributed by atoms with E-state index in [1.165, 1.54) is 38.5 Å². The number of rotatable bonds is 2. The van der Waals surface area contributed by atoms with E-state index in [0.29, 0.717) is 11.8 Å². The third-order valence-electron chi connectivity index (χ3n) is 7.23. The fraction of sp³-hybridized carbons (Fsp3) is 1.00. The first-order valence-corrected chi connectivity index (χ1v) is 10.7. The van der Waals surface area contributed by atoms with Gasteiger partial charge in [-0.25, -0.2) is 0 Å². The zero-order valence-electron chi connectivity index (χ0n) is 15.4. The van der Waals surface area contributed by atoms with Gasteiger partial charge < -0.3 is 29.2 Å². The molecule has 0 amide bonds. The second-order valence-electron chi connectivity index (χ2n) is 8.92. The highest BCUT2D eigenvalue weighted by atomic mass is 16.8. The number of hydrogen-bond donors (Lipinski definition) is 2. The predicted octanol–water partition coefficient (Wildman–Crippen LogP) is 2.10.